The number of nitrogens with zero attached hydrogens (tertiary/aromatic N) is 4. The van der Waals surface area contributed by atoms with Crippen molar-refractivity contribution in [2.75, 3.05) is 35.7 Å². The van der Waals surface area contributed by atoms with E-state index in [4.69, 9.17) is 9.72 Å². The predicted molar refractivity (Wildman–Crippen MR) is 167 cm³/mol. The molecule has 1 amide bonds. The van der Waals surface area contributed by atoms with Gasteiger partial charge in [-0.1, -0.05) is 30.3 Å². The van der Waals surface area contributed by atoms with Crippen molar-refractivity contribution in [3.63, 3.8) is 0 Å². The number of piperazine rings is 1. The van der Waals surface area contributed by atoms with Gasteiger partial charge in [-0.25, -0.2) is 9.50 Å². The Morgan fingerprint density at radius 2 is 1.76 bits per heavy atom. The molecule has 3 aromatic carbocycles. The Hall–Kier alpha value is -4.89. The lowest BCUT2D eigenvalue weighted by molar-refractivity contribution is 0.102. The zero-order valence-electron chi connectivity index (χ0n) is 24.0. The second-order valence-corrected chi connectivity index (χ2v) is 10.8. The summed E-state index contributed by atoms with van der Waals surface area (Å²) in [6.07, 6.45) is 3.55. The molecule has 2 atom stereocenters. The fourth-order valence-corrected chi connectivity index (χ4v) is 5.47. The fourth-order valence-electron chi connectivity index (χ4n) is 5.47. The van der Waals surface area contributed by atoms with Crippen molar-refractivity contribution in [3.05, 3.63) is 103 Å². The van der Waals surface area contributed by atoms with Gasteiger partial charge in [-0.05, 0) is 73.5 Å². The lowest BCUT2D eigenvalue weighted by Crippen LogP contribution is -2.54. The maximum absolute atomic E-state index is 13.2. The molecule has 0 saturated carbocycles. The number of anilines is 3. The molecule has 5 aromatic rings. The fraction of sp³-hybridized carbons (Fsp3) is 0.242. The molecule has 214 valence electrons. The van der Waals surface area contributed by atoms with Gasteiger partial charge in [0.25, 0.3) is 5.91 Å². The minimum absolute atomic E-state index is 0.263. The molecule has 0 unspecified atom stereocenters. The van der Waals surface area contributed by atoms with Gasteiger partial charge >= 0.3 is 0 Å². The van der Waals surface area contributed by atoms with Crippen LogP contribution in [-0.4, -0.2) is 52.8 Å². The van der Waals surface area contributed by atoms with Gasteiger partial charge in [0.15, 0.2) is 5.65 Å². The van der Waals surface area contributed by atoms with Crippen LogP contribution < -0.4 is 25.6 Å². The number of hydrogen-bond donors (Lipinski definition) is 3. The highest BCUT2D eigenvalue weighted by molar-refractivity contribution is 6.03. The Morgan fingerprint density at radius 1 is 0.976 bits per heavy atom. The second-order valence-electron chi connectivity index (χ2n) is 10.8. The van der Waals surface area contributed by atoms with Gasteiger partial charge in [-0.3, -0.25) is 4.79 Å². The van der Waals surface area contributed by atoms with Crippen LogP contribution in [0.4, 0.5) is 17.1 Å². The number of carbonyl (C=O) groups is 1. The molecule has 0 radical (unpaired) electrons. The van der Waals surface area contributed by atoms with Gasteiger partial charge in [0.2, 0.25) is 0 Å². The average molecular weight is 562 g/mol. The summed E-state index contributed by atoms with van der Waals surface area (Å²) in [5, 5.41) is 14.5. The molecular weight excluding hydrogens is 526 g/mol. The Bertz CT molecular complexity index is 1690. The molecule has 9 heteroatoms. The topological polar surface area (TPSA) is 95.8 Å². The minimum Gasteiger partial charge on any atom is -0.497 e. The van der Waals surface area contributed by atoms with E-state index in [1.165, 1.54) is 0 Å². The molecule has 42 heavy (non-hydrogen) atoms. The maximum Gasteiger partial charge on any atom is 0.274 e. The van der Waals surface area contributed by atoms with Crippen LogP contribution in [-0.2, 0) is 6.54 Å². The van der Waals surface area contributed by atoms with Crippen LogP contribution in [0.25, 0.3) is 16.8 Å². The molecule has 9 nitrogen and oxygen atoms in total. The van der Waals surface area contributed by atoms with E-state index in [-0.39, 0.29) is 5.91 Å². The highest BCUT2D eigenvalue weighted by Gasteiger charge is 2.21. The number of aromatic nitrogens is 3. The average Bonchev–Trinajstić information content (AvgIpc) is 3.43. The molecule has 1 saturated heterocycles. The summed E-state index contributed by atoms with van der Waals surface area (Å²) in [5.74, 6) is 0.576. The standard InChI is InChI=1S/C33H35N7O2/c1-22-20-39(21-23(2)36-22)28-8-5-7-27(17-28)37-33(41)31-14-15-40-32(38-31)30(19-35-40)25-10-12-26(13-11-25)34-18-24-6-4-9-29(16-24)42-3/h4-17,19,22-23,34,36H,18,20-21H2,1-3H3,(H,37,41)/t22-,23+. The number of carbonyl (C=O) groups excluding carboxylic acids is 1. The van der Waals surface area contributed by atoms with Crippen LogP contribution in [0.2, 0.25) is 0 Å². The van der Waals surface area contributed by atoms with E-state index in [0.717, 1.165) is 52.6 Å². The molecule has 6 rings (SSSR count). The number of nitrogens with one attached hydrogen (secondary N) is 3. The molecule has 0 spiro atoms. The van der Waals surface area contributed by atoms with Crippen molar-refractivity contribution in [1.29, 1.82) is 0 Å². The summed E-state index contributed by atoms with van der Waals surface area (Å²) in [6.45, 7) is 6.90. The van der Waals surface area contributed by atoms with Crippen molar-refractivity contribution in [1.82, 2.24) is 19.9 Å². The number of hydrogen-bond acceptors (Lipinski definition) is 7. The number of ether oxygens (including phenoxy) is 1. The van der Waals surface area contributed by atoms with Crippen LogP contribution in [0, 0.1) is 0 Å². The highest BCUT2D eigenvalue weighted by atomic mass is 16.5. The van der Waals surface area contributed by atoms with E-state index in [0.29, 0.717) is 30.0 Å². The van der Waals surface area contributed by atoms with Gasteiger partial charge in [0.05, 0.1) is 13.3 Å². The smallest absolute Gasteiger partial charge is 0.274 e. The summed E-state index contributed by atoms with van der Waals surface area (Å²) >= 11 is 0. The van der Waals surface area contributed by atoms with Gasteiger partial charge < -0.3 is 25.6 Å². The van der Waals surface area contributed by atoms with Crippen LogP contribution in [0.15, 0.2) is 91.3 Å². The number of amides is 1. The third-order valence-electron chi connectivity index (χ3n) is 7.46. The van der Waals surface area contributed by atoms with Crippen molar-refractivity contribution < 1.29 is 9.53 Å². The molecule has 1 fully saturated rings. The quantitative estimate of drug-likeness (QED) is 0.232. The largest absolute Gasteiger partial charge is 0.497 e. The second kappa shape index (κ2) is 11.9. The Balaban J connectivity index is 1.16. The van der Waals surface area contributed by atoms with Crippen molar-refractivity contribution in [3.8, 4) is 16.9 Å². The zero-order valence-corrected chi connectivity index (χ0v) is 24.0. The van der Waals surface area contributed by atoms with E-state index >= 15 is 0 Å². The Labute approximate surface area is 245 Å². The van der Waals surface area contributed by atoms with Crippen LogP contribution >= 0.6 is 0 Å². The van der Waals surface area contributed by atoms with Crippen molar-refractivity contribution in [2.45, 2.75) is 32.5 Å². The summed E-state index contributed by atoms with van der Waals surface area (Å²) in [6, 6.07) is 26.6. The van der Waals surface area contributed by atoms with Crippen LogP contribution in [0.3, 0.4) is 0 Å². The first kappa shape index (κ1) is 27.3. The van der Waals surface area contributed by atoms with E-state index in [2.05, 4.69) is 51.9 Å². The zero-order chi connectivity index (χ0) is 29.1. The molecule has 1 aliphatic rings. The monoisotopic (exact) mass is 561 g/mol. The molecule has 0 aliphatic carbocycles. The summed E-state index contributed by atoms with van der Waals surface area (Å²) in [5.41, 5.74) is 6.74. The van der Waals surface area contributed by atoms with E-state index in [1.807, 2.05) is 60.7 Å². The summed E-state index contributed by atoms with van der Waals surface area (Å²) in [4.78, 5) is 20.3. The van der Waals surface area contributed by atoms with E-state index in [9.17, 15) is 4.79 Å². The SMILES string of the molecule is COc1cccc(CNc2ccc(-c3cnn4ccc(C(=O)Nc5cccc(N6C[C@@H](C)N[C@@H](C)C6)c5)nc34)cc2)c1. The summed E-state index contributed by atoms with van der Waals surface area (Å²) in [7, 11) is 1.67. The van der Waals surface area contributed by atoms with E-state index in [1.54, 1.807) is 30.1 Å². The number of fused-ring (bicyclic) bond motifs is 1. The predicted octanol–water partition coefficient (Wildman–Crippen LogP) is 5.46. The third kappa shape index (κ3) is 6.06. The molecular formula is C33H35N7O2. The molecule has 1 aliphatic heterocycles. The lowest BCUT2D eigenvalue weighted by Gasteiger charge is -2.37. The normalized spacial score (nSPS) is 16.8. The minimum atomic E-state index is -0.263. The first-order valence-electron chi connectivity index (χ1n) is 14.2. The van der Waals surface area contributed by atoms with Gasteiger partial charge in [0, 0.05) is 60.5 Å². The molecule has 2 aromatic heterocycles. The van der Waals surface area contributed by atoms with Crippen molar-refractivity contribution in [2.24, 2.45) is 0 Å². The Kier molecular flexibility index (Phi) is 7.74. The van der Waals surface area contributed by atoms with Gasteiger partial charge in [0.1, 0.15) is 11.4 Å². The molecule has 0 bridgehead atoms. The van der Waals surface area contributed by atoms with Gasteiger partial charge in [-0.15, -0.1) is 0 Å². The maximum atomic E-state index is 13.2. The third-order valence-corrected chi connectivity index (χ3v) is 7.46. The van der Waals surface area contributed by atoms with Gasteiger partial charge in [-0.2, -0.15) is 5.10 Å². The first-order chi connectivity index (χ1) is 20.4. The number of benzene rings is 3. The molecule has 3 heterocycles. The highest BCUT2D eigenvalue weighted by Crippen LogP contribution is 2.26. The number of methoxy groups -OCH3 is 1. The number of rotatable bonds is 8. The van der Waals surface area contributed by atoms with E-state index < -0.39 is 0 Å². The van der Waals surface area contributed by atoms with Crippen LogP contribution in [0.5, 0.6) is 5.75 Å². The molecule has 3 N–H and O–H groups in total. The Morgan fingerprint density at radius 3 is 2.55 bits per heavy atom. The first-order valence-corrected chi connectivity index (χ1v) is 14.2. The van der Waals surface area contributed by atoms with Crippen LogP contribution in [0.1, 0.15) is 29.9 Å². The van der Waals surface area contributed by atoms with Crippen molar-refractivity contribution >= 4 is 28.6 Å². The summed E-state index contributed by atoms with van der Waals surface area (Å²) < 4.78 is 7.00. The lowest BCUT2D eigenvalue weighted by atomic mass is 10.1.